The Kier molecular flexibility index (Phi) is 5.27. The van der Waals surface area contributed by atoms with E-state index in [1.807, 2.05) is 23.1 Å². The van der Waals surface area contributed by atoms with Gasteiger partial charge in [-0.2, -0.15) is 0 Å². The molecule has 0 saturated carbocycles. The number of nitrogens with one attached hydrogen (secondary N) is 1. The third-order valence-electron chi connectivity index (χ3n) is 3.68. The molecular weight excluding hydrogens is 270 g/mol. The van der Waals surface area contributed by atoms with Crippen molar-refractivity contribution in [1.29, 1.82) is 0 Å². The normalized spacial score (nSPS) is 15.7. The summed E-state index contributed by atoms with van der Waals surface area (Å²) >= 11 is 0. The first-order chi connectivity index (χ1) is 10.1. The molecule has 0 unspecified atom stereocenters. The van der Waals surface area contributed by atoms with Gasteiger partial charge in [0.15, 0.2) is 11.5 Å². The molecule has 1 aliphatic rings. The third-order valence-corrected chi connectivity index (χ3v) is 3.68. The van der Waals surface area contributed by atoms with E-state index in [9.17, 15) is 4.79 Å². The van der Waals surface area contributed by atoms with Gasteiger partial charge in [-0.05, 0) is 19.2 Å². The summed E-state index contributed by atoms with van der Waals surface area (Å²) in [5.74, 6) is 1.45. The molecule has 1 aromatic carbocycles. The number of hydrogen-bond donors (Lipinski definition) is 1. The number of carbonyl (C=O) groups is 1. The second kappa shape index (κ2) is 7.17. The van der Waals surface area contributed by atoms with Gasteiger partial charge in [0.05, 0.1) is 20.8 Å². The molecule has 0 aliphatic carbocycles. The SMILES string of the molecule is COc1ccc(NCC(=O)N2CCN(C)CC2)cc1OC. The minimum absolute atomic E-state index is 0.123. The van der Waals surface area contributed by atoms with Crippen LogP contribution in [0.3, 0.4) is 0 Å². The highest BCUT2D eigenvalue weighted by Crippen LogP contribution is 2.29. The van der Waals surface area contributed by atoms with Gasteiger partial charge in [0, 0.05) is 37.9 Å². The lowest BCUT2D eigenvalue weighted by Gasteiger charge is -2.32. The molecule has 6 nitrogen and oxygen atoms in total. The minimum atomic E-state index is 0.123. The van der Waals surface area contributed by atoms with Crippen LogP contribution in [-0.4, -0.2) is 69.7 Å². The van der Waals surface area contributed by atoms with Crippen LogP contribution in [0.25, 0.3) is 0 Å². The van der Waals surface area contributed by atoms with Crippen LogP contribution in [0.1, 0.15) is 0 Å². The van der Waals surface area contributed by atoms with Crippen molar-refractivity contribution in [2.45, 2.75) is 0 Å². The van der Waals surface area contributed by atoms with E-state index in [1.54, 1.807) is 14.2 Å². The second-order valence-electron chi connectivity index (χ2n) is 5.11. The number of benzene rings is 1. The van der Waals surface area contributed by atoms with Gasteiger partial charge in [0.25, 0.3) is 0 Å². The number of carbonyl (C=O) groups excluding carboxylic acids is 1. The molecular formula is C15H23N3O3. The van der Waals surface area contributed by atoms with Crippen molar-refractivity contribution in [1.82, 2.24) is 9.80 Å². The maximum absolute atomic E-state index is 12.1. The molecule has 1 N–H and O–H groups in total. The number of anilines is 1. The average Bonchev–Trinajstić information content (AvgIpc) is 2.52. The van der Waals surface area contributed by atoms with Crippen LogP contribution in [0.15, 0.2) is 18.2 Å². The molecule has 0 spiro atoms. The van der Waals surface area contributed by atoms with Crippen molar-refractivity contribution in [3.63, 3.8) is 0 Å². The van der Waals surface area contributed by atoms with E-state index < -0.39 is 0 Å². The molecule has 1 heterocycles. The number of amides is 1. The fraction of sp³-hybridized carbons (Fsp3) is 0.533. The van der Waals surface area contributed by atoms with Gasteiger partial charge in [-0.25, -0.2) is 0 Å². The summed E-state index contributed by atoms with van der Waals surface area (Å²) in [7, 11) is 5.27. The third kappa shape index (κ3) is 4.01. The zero-order chi connectivity index (χ0) is 15.2. The summed E-state index contributed by atoms with van der Waals surface area (Å²) in [6.07, 6.45) is 0. The maximum Gasteiger partial charge on any atom is 0.241 e. The van der Waals surface area contributed by atoms with Crippen molar-refractivity contribution < 1.29 is 14.3 Å². The molecule has 1 saturated heterocycles. The summed E-state index contributed by atoms with van der Waals surface area (Å²) < 4.78 is 10.4. The maximum atomic E-state index is 12.1. The number of ether oxygens (including phenoxy) is 2. The Bertz CT molecular complexity index is 485. The predicted octanol–water partition coefficient (Wildman–Crippen LogP) is 0.890. The molecule has 2 rings (SSSR count). The summed E-state index contributed by atoms with van der Waals surface area (Å²) in [4.78, 5) is 16.3. The van der Waals surface area contributed by atoms with Gasteiger partial charge in [-0.15, -0.1) is 0 Å². The van der Waals surface area contributed by atoms with E-state index in [0.29, 0.717) is 18.0 Å². The fourth-order valence-electron chi connectivity index (χ4n) is 2.29. The van der Waals surface area contributed by atoms with E-state index >= 15 is 0 Å². The highest BCUT2D eigenvalue weighted by molar-refractivity contribution is 5.81. The molecule has 21 heavy (non-hydrogen) atoms. The van der Waals surface area contributed by atoms with Gasteiger partial charge in [-0.3, -0.25) is 4.79 Å². The van der Waals surface area contributed by atoms with Crippen molar-refractivity contribution in [2.75, 3.05) is 59.3 Å². The van der Waals surface area contributed by atoms with Crippen LogP contribution in [0.5, 0.6) is 11.5 Å². The molecule has 0 atom stereocenters. The summed E-state index contributed by atoms with van der Waals surface area (Å²) in [5.41, 5.74) is 0.843. The summed E-state index contributed by atoms with van der Waals surface area (Å²) in [6.45, 7) is 3.75. The Morgan fingerprint density at radius 1 is 1.14 bits per heavy atom. The number of rotatable bonds is 5. The van der Waals surface area contributed by atoms with Crippen LogP contribution >= 0.6 is 0 Å². The first-order valence-corrected chi connectivity index (χ1v) is 7.06. The lowest BCUT2D eigenvalue weighted by molar-refractivity contribution is -0.130. The monoisotopic (exact) mass is 293 g/mol. The Hall–Kier alpha value is -1.95. The topological polar surface area (TPSA) is 54.0 Å². The van der Waals surface area contributed by atoms with E-state index in [2.05, 4.69) is 17.3 Å². The van der Waals surface area contributed by atoms with Crippen LogP contribution < -0.4 is 14.8 Å². The highest BCUT2D eigenvalue weighted by Gasteiger charge is 2.18. The van der Waals surface area contributed by atoms with Crippen LogP contribution in [0.4, 0.5) is 5.69 Å². The standard InChI is InChI=1S/C15H23N3O3/c1-17-6-8-18(9-7-17)15(19)11-16-12-4-5-13(20-2)14(10-12)21-3/h4-5,10,16H,6-9,11H2,1-3H3. The van der Waals surface area contributed by atoms with Crippen molar-refractivity contribution >= 4 is 11.6 Å². The highest BCUT2D eigenvalue weighted by atomic mass is 16.5. The number of likely N-dealkylation sites (N-methyl/N-ethyl adjacent to an activating group) is 1. The molecule has 0 radical (unpaired) electrons. The molecule has 6 heteroatoms. The summed E-state index contributed by atoms with van der Waals surface area (Å²) in [6, 6.07) is 5.52. The van der Waals surface area contributed by atoms with Gasteiger partial charge < -0.3 is 24.6 Å². The number of methoxy groups -OCH3 is 2. The molecule has 116 valence electrons. The quantitative estimate of drug-likeness (QED) is 0.874. The van der Waals surface area contributed by atoms with E-state index in [0.717, 1.165) is 31.9 Å². The Labute approximate surface area is 125 Å². The first kappa shape index (κ1) is 15.4. The number of nitrogens with zero attached hydrogens (tertiary/aromatic N) is 2. The molecule has 1 amide bonds. The molecule has 0 bridgehead atoms. The first-order valence-electron chi connectivity index (χ1n) is 7.06. The van der Waals surface area contributed by atoms with Gasteiger partial charge in [0.2, 0.25) is 5.91 Å². The molecule has 1 aromatic rings. The molecule has 0 aromatic heterocycles. The fourth-order valence-corrected chi connectivity index (χ4v) is 2.29. The number of hydrogen-bond acceptors (Lipinski definition) is 5. The van der Waals surface area contributed by atoms with E-state index in [4.69, 9.17) is 9.47 Å². The van der Waals surface area contributed by atoms with Gasteiger partial charge in [0.1, 0.15) is 0 Å². The average molecular weight is 293 g/mol. The van der Waals surface area contributed by atoms with E-state index in [1.165, 1.54) is 0 Å². The van der Waals surface area contributed by atoms with Crippen molar-refractivity contribution in [3.05, 3.63) is 18.2 Å². The predicted molar refractivity (Wildman–Crippen MR) is 82.1 cm³/mol. The zero-order valence-corrected chi connectivity index (χ0v) is 12.9. The minimum Gasteiger partial charge on any atom is -0.493 e. The Morgan fingerprint density at radius 2 is 1.81 bits per heavy atom. The second-order valence-corrected chi connectivity index (χ2v) is 5.11. The summed E-state index contributed by atoms with van der Waals surface area (Å²) in [5, 5.41) is 3.14. The number of piperazine rings is 1. The molecule has 1 aliphatic heterocycles. The smallest absolute Gasteiger partial charge is 0.241 e. The van der Waals surface area contributed by atoms with Crippen LogP contribution in [0.2, 0.25) is 0 Å². The van der Waals surface area contributed by atoms with Crippen molar-refractivity contribution in [2.24, 2.45) is 0 Å². The molecule has 1 fully saturated rings. The Morgan fingerprint density at radius 3 is 2.43 bits per heavy atom. The Balaban J connectivity index is 1.89. The largest absolute Gasteiger partial charge is 0.493 e. The van der Waals surface area contributed by atoms with Crippen molar-refractivity contribution in [3.8, 4) is 11.5 Å². The zero-order valence-electron chi connectivity index (χ0n) is 12.9. The van der Waals surface area contributed by atoms with E-state index in [-0.39, 0.29) is 5.91 Å². The lowest BCUT2D eigenvalue weighted by Crippen LogP contribution is -2.48. The van der Waals surface area contributed by atoms with Crippen LogP contribution in [-0.2, 0) is 4.79 Å². The van der Waals surface area contributed by atoms with Crippen LogP contribution in [0, 0.1) is 0 Å². The lowest BCUT2D eigenvalue weighted by atomic mass is 10.2. The van der Waals surface area contributed by atoms with Gasteiger partial charge in [-0.1, -0.05) is 0 Å². The van der Waals surface area contributed by atoms with Gasteiger partial charge >= 0.3 is 0 Å².